The van der Waals surface area contributed by atoms with E-state index in [9.17, 15) is 0 Å². The van der Waals surface area contributed by atoms with Gasteiger partial charge in [0.25, 0.3) is 0 Å². The van der Waals surface area contributed by atoms with E-state index in [-0.39, 0.29) is 0 Å². The van der Waals surface area contributed by atoms with Crippen LogP contribution in [0.5, 0.6) is 0 Å². The van der Waals surface area contributed by atoms with Crippen molar-refractivity contribution in [3.8, 4) is 0 Å². The van der Waals surface area contributed by atoms with E-state index in [1.165, 1.54) is 17.5 Å². The second-order valence-electron chi connectivity index (χ2n) is 3.45. The van der Waals surface area contributed by atoms with Crippen LogP contribution in [-0.2, 0) is 0 Å². The molecule has 0 heterocycles. The van der Waals surface area contributed by atoms with Gasteiger partial charge in [0.2, 0.25) is 0 Å². The van der Waals surface area contributed by atoms with Gasteiger partial charge in [0.1, 0.15) is 0 Å². The Labute approximate surface area is 72.2 Å². The van der Waals surface area contributed by atoms with Crippen LogP contribution < -0.4 is 0 Å². The Hall–Kier alpha value is -1.30. The largest absolute Gasteiger partial charge is 0.0800 e. The highest BCUT2D eigenvalue weighted by molar-refractivity contribution is 5.66. The van der Waals surface area contributed by atoms with Gasteiger partial charge < -0.3 is 0 Å². The summed E-state index contributed by atoms with van der Waals surface area (Å²) in [5.74, 6) is 0.612. The molecule has 0 heteroatoms. The van der Waals surface area contributed by atoms with Crippen molar-refractivity contribution in [2.45, 2.75) is 12.3 Å². The van der Waals surface area contributed by atoms with Gasteiger partial charge in [-0.3, -0.25) is 0 Å². The van der Waals surface area contributed by atoms with Crippen molar-refractivity contribution in [2.24, 2.45) is 0 Å². The summed E-state index contributed by atoms with van der Waals surface area (Å²) in [7, 11) is 0. The molecule has 2 aliphatic carbocycles. The average Bonchev–Trinajstić information content (AvgIpc) is 2.86. The van der Waals surface area contributed by atoms with Crippen LogP contribution in [0.4, 0.5) is 0 Å². The van der Waals surface area contributed by atoms with Gasteiger partial charge in [-0.15, -0.1) is 0 Å². The Bertz CT molecular complexity index is 383. The van der Waals surface area contributed by atoms with Crippen LogP contribution in [0.1, 0.15) is 23.5 Å². The van der Waals surface area contributed by atoms with Crippen molar-refractivity contribution in [3.63, 3.8) is 0 Å². The molecule has 0 spiro atoms. The molecular formula is C12H10. The topological polar surface area (TPSA) is 0 Å². The Kier molecular flexibility index (Phi) is 1.09. The van der Waals surface area contributed by atoms with E-state index < -0.39 is 0 Å². The van der Waals surface area contributed by atoms with Gasteiger partial charge >= 0.3 is 0 Å². The molecule has 3 rings (SSSR count). The maximum Gasteiger partial charge on any atom is 0.0240 e. The highest BCUT2D eigenvalue weighted by Gasteiger charge is 2.24. The SMILES string of the molecule is C1=CC(C2=CC2)c2ccccc21. The summed E-state index contributed by atoms with van der Waals surface area (Å²) in [5.41, 5.74) is 4.48. The van der Waals surface area contributed by atoms with Crippen molar-refractivity contribution >= 4 is 6.08 Å². The summed E-state index contributed by atoms with van der Waals surface area (Å²) in [6.07, 6.45) is 8.09. The lowest BCUT2D eigenvalue weighted by Crippen LogP contribution is -1.89. The van der Waals surface area contributed by atoms with Gasteiger partial charge in [0.05, 0.1) is 0 Å². The molecule has 0 saturated heterocycles. The second kappa shape index (κ2) is 2.10. The number of benzene rings is 1. The molecule has 0 amide bonds. The van der Waals surface area contributed by atoms with E-state index in [1.807, 2.05) is 0 Å². The molecule has 0 bridgehead atoms. The predicted molar refractivity (Wildman–Crippen MR) is 50.9 cm³/mol. The highest BCUT2D eigenvalue weighted by atomic mass is 14.3. The second-order valence-corrected chi connectivity index (χ2v) is 3.45. The van der Waals surface area contributed by atoms with Gasteiger partial charge in [-0.2, -0.15) is 0 Å². The minimum atomic E-state index is 0.612. The zero-order valence-corrected chi connectivity index (χ0v) is 6.83. The Morgan fingerprint density at radius 1 is 1.17 bits per heavy atom. The molecule has 1 aromatic rings. The molecule has 0 nitrogen and oxygen atoms in total. The predicted octanol–water partition coefficient (Wildman–Crippen LogP) is 3.13. The van der Waals surface area contributed by atoms with Crippen molar-refractivity contribution in [1.82, 2.24) is 0 Å². The lowest BCUT2D eigenvalue weighted by Gasteiger charge is -2.05. The normalized spacial score (nSPS) is 23.7. The number of fused-ring (bicyclic) bond motifs is 1. The van der Waals surface area contributed by atoms with Crippen molar-refractivity contribution in [3.05, 3.63) is 53.1 Å². The van der Waals surface area contributed by atoms with E-state index in [0.29, 0.717) is 5.92 Å². The van der Waals surface area contributed by atoms with Crippen LogP contribution in [0.2, 0.25) is 0 Å². The van der Waals surface area contributed by atoms with Crippen molar-refractivity contribution in [1.29, 1.82) is 0 Å². The minimum absolute atomic E-state index is 0.612. The first-order valence-electron chi connectivity index (χ1n) is 4.41. The van der Waals surface area contributed by atoms with Gasteiger partial charge in [0.15, 0.2) is 0 Å². The monoisotopic (exact) mass is 154 g/mol. The molecule has 0 aromatic heterocycles. The van der Waals surface area contributed by atoms with Gasteiger partial charge in [-0.1, -0.05) is 48.1 Å². The summed E-state index contributed by atoms with van der Waals surface area (Å²) in [4.78, 5) is 0. The summed E-state index contributed by atoms with van der Waals surface area (Å²) in [5, 5.41) is 0. The third-order valence-electron chi connectivity index (χ3n) is 2.64. The van der Waals surface area contributed by atoms with E-state index in [0.717, 1.165) is 0 Å². The zero-order chi connectivity index (χ0) is 7.97. The lowest BCUT2D eigenvalue weighted by molar-refractivity contribution is 1.05. The summed E-state index contributed by atoms with van der Waals surface area (Å²) in [6.45, 7) is 0. The lowest BCUT2D eigenvalue weighted by atomic mass is 9.98. The zero-order valence-electron chi connectivity index (χ0n) is 6.83. The highest BCUT2D eigenvalue weighted by Crippen LogP contribution is 2.41. The summed E-state index contributed by atoms with van der Waals surface area (Å²) in [6, 6.07) is 8.66. The average molecular weight is 154 g/mol. The fourth-order valence-electron chi connectivity index (χ4n) is 1.89. The fraction of sp³-hybridized carbons (Fsp3) is 0.167. The standard InChI is InChI=1S/C12H10/c1-2-4-11-9(3-1)7-8-12(11)10-5-6-10/h1-5,7-8,12H,6H2. The molecule has 0 fully saturated rings. The van der Waals surface area contributed by atoms with Gasteiger partial charge in [-0.25, -0.2) is 0 Å². The quantitative estimate of drug-likeness (QED) is 0.545. The first-order chi connectivity index (χ1) is 5.95. The summed E-state index contributed by atoms with van der Waals surface area (Å²) >= 11 is 0. The smallest absolute Gasteiger partial charge is 0.0240 e. The molecule has 0 saturated carbocycles. The molecule has 0 radical (unpaired) electrons. The van der Waals surface area contributed by atoms with Crippen LogP contribution in [0.15, 0.2) is 42.0 Å². The fourth-order valence-corrected chi connectivity index (χ4v) is 1.89. The molecule has 2 aliphatic rings. The number of hydrogen-bond acceptors (Lipinski definition) is 0. The minimum Gasteiger partial charge on any atom is -0.0800 e. The van der Waals surface area contributed by atoms with Crippen LogP contribution in [0, 0.1) is 0 Å². The molecule has 1 atom stereocenters. The number of hydrogen-bond donors (Lipinski definition) is 0. The van der Waals surface area contributed by atoms with Crippen molar-refractivity contribution in [2.75, 3.05) is 0 Å². The Morgan fingerprint density at radius 2 is 2.00 bits per heavy atom. The van der Waals surface area contributed by atoms with Crippen LogP contribution in [0.25, 0.3) is 6.08 Å². The Balaban J connectivity index is 2.12. The van der Waals surface area contributed by atoms with Gasteiger partial charge in [0, 0.05) is 5.92 Å². The Morgan fingerprint density at radius 3 is 2.83 bits per heavy atom. The first kappa shape index (κ1) is 6.24. The number of allylic oxidation sites excluding steroid dienone is 3. The molecular weight excluding hydrogens is 144 g/mol. The molecule has 0 N–H and O–H groups in total. The maximum absolute atomic E-state index is 2.32. The molecule has 0 aliphatic heterocycles. The third-order valence-corrected chi connectivity index (χ3v) is 2.64. The van der Waals surface area contributed by atoms with Gasteiger partial charge in [-0.05, 0) is 17.5 Å². The van der Waals surface area contributed by atoms with E-state index in [1.54, 1.807) is 5.57 Å². The molecule has 58 valence electrons. The molecule has 12 heavy (non-hydrogen) atoms. The van der Waals surface area contributed by atoms with Crippen molar-refractivity contribution < 1.29 is 0 Å². The van der Waals surface area contributed by atoms with E-state index in [2.05, 4.69) is 42.5 Å². The van der Waals surface area contributed by atoms with Crippen LogP contribution >= 0.6 is 0 Å². The first-order valence-corrected chi connectivity index (χ1v) is 4.41. The van der Waals surface area contributed by atoms with Crippen LogP contribution in [0.3, 0.4) is 0 Å². The number of rotatable bonds is 1. The molecule has 1 aromatic carbocycles. The molecule has 1 unspecified atom stereocenters. The van der Waals surface area contributed by atoms with Crippen LogP contribution in [-0.4, -0.2) is 0 Å². The third kappa shape index (κ3) is 0.781. The van der Waals surface area contributed by atoms with E-state index >= 15 is 0 Å². The van der Waals surface area contributed by atoms with E-state index in [4.69, 9.17) is 0 Å². The summed E-state index contributed by atoms with van der Waals surface area (Å²) < 4.78 is 0. The maximum atomic E-state index is 2.32.